The molecule has 18 heavy (non-hydrogen) atoms. The Morgan fingerprint density at radius 3 is 2.72 bits per heavy atom. The van der Waals surface area contributed by atoms with Crippen LogP contribution in [0.5, 0.6) is 5.75 Å². The lowest BCUT2D eigenvalue weighted by Crippen LogP contribution is -2.46. The van der Waals surface area contributed by atoms with E-state index in [-0.39, 0.29) is 5.41 Å². The minimum absolute atomic E-state index is 0.172. The molecule has 1 aliphatic heterocycles. The molecule has 1 aromatic rings. The molecule has 0 amide bonds. The number of anilines is 1. The Morgan fingerprint density at radius 2 is 2.11 bits per heavy atom. The fourth-order valence-electron chi connectivity index (χ4n) is 2.31. The molecule has 1 atom stereocenters. The molecular formula is C15H24N2O. The number of fused-ring (bicyclic) bond motifs is 1. The van der Waals surface area contributed by atoms with E-state index in [2.05, 4.69) is 56.2 Å². The average molecular weight is 248 g/mol. The summed E-state index contributed by atoms with van der Waals surface area (Å²) in [6.45, 7) is 8.41. The van der Waals surface area contributed by atoms with Crippen LogP contribution in [0, 0.1) is 0 Å². The predicted molar refractivity (Wildman–Crippen MR) is 76.8 cm³/mol. The lowest BCUT2D eigenvalue weighted by atomic mass is 9.86. The van der Waals surface area contributed by atoms with Crippen LogP contribution >= 0.6 is 0 Å². The van der Waals surface area contributed by atoms with Crippen LogP contribution in [0.25, 0.3) is 0 Å². The molecule has 100 valence electrons. The van der Waals surface area contributed by atoms with Crippen molar-refractivity contribution in [2.45, 2.75) is 32.2 Å². The van der Waals surface area contributed by atoms with Gasteiger partial charge < -0.3 is 15.0 Å². The van der Waals surface area contributed by atoms with Gasteiger partial charge in [-0.05, 0) is 30.2 Å². The van der Waals surface area contributed by atoms with E-state index in [1.54, 1.807) is 0 Å². The van der Waals surface area contributed by atoms with Crippen LogP contribution < -0.4 is 15.0 Å². The number of rotatable bonds is 2. The molecule has 1 heterocycles. The second kappa shape index (κ2) is 4.81. The molecule has 1 N–H and O–H groups in total. The van der Waals surface area contributed by atoms with Crippen molar-refractivity contribution in [3.05, 3.63) is 23.8 Å². The Morgan fingerprint density at radius 1 is 1.39 bits per heavy atom. The summed E-state index contributed by atoms with van der Waals surface area (Å²) in [5.41, 5.74) is 2.72. The molecule has 1 aliphatic rings. The summed E-state index contributed by atoms with van der Waals surface area (Å²) >= 11 is 0. The maximum absolute atomic E-state index is 5.85. The maximum Gasteiger partial charge on any atom is 0.142 e. The summed E-state index contributed by atoms with van der Waals surface area (Å²) < 4.78 is 5.85. The first kappa shape index (κ1) is 13.2. The highest BCUT2D eigenvalue weighted by molar-refractivity contribution is 5.62. The van der Waals surface area contributed by atoms with E-state index >= 15 is 0 Å². The van der Waals surface area contributed by atoms with E-state index in [4.69, 9.17) is 4.74 Å². The molecule has 1 aromatic carbocycles. The fraction of sp³-hybridized carbons (Fsp3) is 0.600. The number of nitrogens with one attached hydrogen (secondary N) is 1. The van der Waals surface area contributed by atoms with Gasteiger partial charge in [-0.25, -0.2) is 0 Å². The second-order valence-electron chi connectivity index (χ2n) is 6.07. The van der Waals surface area contributed by atoms with Gasteiger partial charge >= 0.3 is 0 Å². The minimum atomic E-state index is 0.172. The molecule has 0 aliphatic carbocycles. The van der Waals surface area contributed by atoms with E-state index in [0.29, 0.717) is 6.04 Å². The normalized spacial score (nSPS) is 19.4. The number of hydrogen-bond donors (Lipinski definition) is 1. The lowest BCUT2D eigenvalue weighted by molar-refractivity contribution is 0.264. The Bertz CT molecular complexity index is 423. The van der Waals surface area contributed by atoms with Crippen LogP contribution in [-0.4, -0.2) is 33.3 Å². The first-order chi connectivity index (χ1) is 8.43. The van der Waals surface area contributed by atoms with Gasteiger partial charge in [-0.2, -0.15) is 0 Å². The van der Waals surface area contributed by atoms with Gasteiger partial charge in [-0.1, -0.05) is 26.8 Å². The number of benzene rings is 1. The Hall–Kier alpha value is -1.22. The summed E-state index contributed by atoms with van der Waals surface area (Å²) in [4.78, 5) is 2.32. The fourth-order valence-corrected chi connectivity index (χ4v) is 2.31. The SMILES string of the molecule is CNCC1COc2ccc(C(C)(C)C)cc2N1C. The molecular weight excluding hydrogens is 224 g/mol. The molecule has 0 radical (unpaired) electrons. The second-order valence-corrected chi connectivity index (χ2v) is 6.07. The van der Waals surface area contributed by atoms with E-state index in [9.17, 15) is 0 Å². The van der Waals surface area contributed by atoms with E-state index in [0.717, 1.165) is 18.9 Å². The molecule has 1 unspecified atom stereocenters. The third-order valence-electron chi connectivity index (χ3n) is 3.62. The van der Waals surface area contributed by atoms with Crippen molar-refractivity contribution in [1.29, 1.82) is 0 Å². The molecule has 3 heteroatoms. The highest BCUT2D eigenvalue weighted by Crippen LogP contribution is 2.36. The molecule has 0 spiro atoms. The van der Waals surface area contributed by atoms with Crippen LogP contribution in [0.1, 0.15) is 26.3 Å². The van der Waals surface area contributed by atoms with Gasteiger partial charge in [0.25, 0.3) is 0 Å². The zero-order valence-electron chi connectivity index (χ0n) is 12.1. The molecule has 2 rings (SSSR count). The summed E-state index contributed by atoms with van der Waals surface area (Å²) in [5.74, 6) is 0.998. The molecule has 0 fully saturated rings. The highest BCUT2D eigenvalue weighted by Gasteiger charge is 2.25. The van der Waals surface area contributed by atoms with Crippen molar-refractivity contribution in [1.82, 2.24) is 5.32 Å². The first-order valence-corrected chi connectivity index (χ1v) is 6.58. The van der Waals surface area contributed by atoms with Crippen LogP contribution in [-0.2, 0) is 5.41 Å². The first-order valence-electron chi connectivity index (χ1n) is 6.58. The smallest absolute Gasteiger partial charge is 0.142 e. The Balaban J connectivity index is 2.33. The highest BCUT2D eigenvalue weighted by atomic mass is 16.5. The number of ether oxygens (including phenoxy) is 1. The van der Waals surface area contributed by atoms with Gasteiger partial charge in [0, 0.05) is 13.6 Å². The van der Waals surface area contributed by atoms with Gasteiger partial charge in [0.1, 0.15) is 12.4 Å². The van der Waals surface area contributed by atoms with Gasteiger partial charge in [-0.15, -0.1) is 0 Å². The van der Waals surface area contributed by atoms with Gasteiger partial charge in [-0.3, -0.25) is 0 Å². The maximum atomic E-state index is 5.85. The van der Waals surface area contributed by atoms with Crippen molar-refractivity contribution >= 4 is 5.69 Å². The van der Waals surface area contributed by atoms with Crippen LogP contribution in [0.2, 0.25) is 0 Å². The monoisotopic (exact) mass is 248 g/mol. The molecule has 0 aromatic heterocycles. The third kappa shape index (κ3) is 2.46. The largest absolute Gasteiger partial charge is 0.489 e. The van der Waals surface area contributed by atoms with Gasteiger partial charge in [0.15, 0.2) is 0 Å². The van der Waals surface area contributed by atoms with Crippen molar-refractivity contribution in [3.8, 4) is 5.75 Å². The summed E-state index contributed by atoms with van der Waals surface area (Å²) in [5, 5.41) is 3.22. The summed E-state index contributed by atoms with van der Waals surface area (Å²) in [7, 11) is 4.13. The van der Waals surface area contributed by atoms with E-state index < -0.39 is 0 Å². The van der Waals surface area contributed by atoms with Gasteiger partial charge in [0.2, 0.25) is 0 Å². The van der Waals surface area contributed by atoms with Crippen molar-refractivity contribution < 1.29 is 4.74 Å². The zero-order valence-corrected chi connectivity index (χ0v) is 12.1. The van der Waals surface area contributed by atoms with Crippen molar-refractivity contribution in [2.24, 2.45) is 0 Å². The van der Waals surface area contributed by atoms with E-state index in [1.807, 2.05) is 7.05 Å². The minimum Gasteiger partial charge on any atom is -0.489 e. The lowest BCUT2D eigenvalue weighted by Gasteiger charge is -2.36. The summed E-state index contributed by atoms with van der Waals surface area (Å²) in [6.07, 6.45) is 0. The topological polar surface area (TPSA) is 24.5 Å². The van der Waals surface area contributed by atoms with Crippen molar-refractivity contribution in [3.63, 3.8) is 0 Å². The third-order valence-corrected chi connectivity index (χ3v) is 3.62. The van der Waals surface area contributed by atoms with Crippen LogP contribution in [0.4, 0.5) is 5.69 Å². The molecule has 0 saturated carbocycles. The zero-order chi connectivity index (χ0) is 13.3. The molecule has 3 nitrogen and oxygen atoms in total. The number of nitrogens with zero attached hydrogens (tertiary/aromatic N) is 1. The Labute approximate surface area is 110 Å². The van der Waals surface area contributed by atoms with Crippen molar-refractivity contribution in [2.75, 3.05) is 32.1 Å². The number of likely N-dealkylation sites (N-methyl/N-ethyl adjacent to an activating group) is 2. The predicted octanol–water partition coefficient (Wildman–Crippen LogP) is 2.40. The quantitative estimate of drug-likeness (QED) is 0.870. The van der Waals surface area contributed by atoms with E-state index in [1.165, 1.54) is 11.3 Å². The molecule has 0 saturated heterocycles. The number of hydrogen-bond acceptors (Lipinski definition) is 3. The molecule has 0 bridgehead atoms. The van der Waals surface area contributed by atoms with Gasteiger partial charge in [0.05, 0.1) is 11.7 Å². The average Bonchev–Trinajstić information content (AvgIpc) is 2.31. The van der Waals surface area contributed by atoms with Crippen LogP contribution in [0.15, 0.2) is 18.2 Å². The van der Waals surface area contributed by atoms with Crippen LogP contribution in [0.3, 0.4) is 0 Å². The Kier molecular flexibility index (Phi) is 3.53. The standard InChI is InChI=1S/C15H24N2O/c1-15(2,3)11-6-7-14-13(8-11)17(5)12(9-16-4)10-18-14/h6-8,12,16H,9-10H2,1-5H3. The summed E-state index contributed by atoms with van der Waals surface area (Å²) in [6, 6.07) is 6.93.